The Morgan fingerprint density at radius 2 is 1.92 bits per heavy atom. The van der Waals surface area contributed by atoms with Crippen LogP contribution in [0, 0.1) is 6.92 Å². The maximum atomic E-state index is 12.3. The molecule has 0 fully saturated rings. The predicted octanol–water partition coefficient (Wildman–Crippen LogP) is 2.39. The minimum absolute atomic E-state index is 0.366. The smallest absolute Gasteiger partial charge is 0.255 e. The van der Waals surface area contributed by atoms with Gasteiger partial charge in [0.15, 0.2) is 0 Å². The highest BCUT2D eigenvalue weighted by Crippen LogP contribution is 2.26. The Morgan fingerprint density at radius 3 is 2.58 bits per heavy atom. The third-order valence-electron chi connectivity index (χ3n) is 3.55. The van der Waals surface area contributed by atoms with Crippen LogP contribution in [0.4, 0.5) is 5.69 Å². The van der Waals surface area contributed by atoms with Gasteiger partial charge in [0, 0.05) is 0 Å². The molecule has 0 unspecified atom stereocenters. The Balaban J connectivity index is 1.83. The summed E-state index contributed by atoms with van der Waals surface area (Å²) in [4.78, 5) is 0. The molecule has 26 heavy (non-hydrogen) atoms. The molecule has 2 aromatic carbocycles. The second-order valence-corrected chi connectivity index (χ2v) is 7.07. The first-order valence-corrected chi connectivity index (χ1v) is 9.20. The minimum atomic E-state index is -3.68. The number of nitrogens with zero attached hydrogens (tertiary/aromatic N) is 4. The van der Waals surface area contributed by atoms with E-state index in [0.717, 1.165) is 16.5 Å². The number of aryl methyl sites for hydroxylation is 1. The zero-order valence-corrected chi connectivity index (χ0v) is 15.0. The van der Waals surface area contributed by atoms with Crippen molar-refractivity contribution < 1.29 is 13.2 Å². The van der Waals surface area contributed by atoms with Gasteiger partial charge in [0.05, 0.1) is 18.2 Å². The number of sulfonamides is 1. The standard InChI is InChI=1S/C17H17N5O3S/c1-13-3-5-14(6-4-13)9-10-26(23,24)19-15-7-8-17(25-2)16(11-15)22-12-18-20-21-22/h3-12,19H,1-2H3/b10-9-. The summed E-state index contributed by atoms with van der Waals surface area (Å²) < 4.78 is 33.8. The highest BCUT2D eigenvalue weighted by molar-refractivity contribution is 7.95. The van der Waals surface area contributed by atoms with E-state index in [9.17, 15) is 8.42 Å². The Hall–Kier alpha value is -3.20. The van der Waals surface area contributed by atoms with E-state index in [2.05, 4.69) is 20.2 Å². The van der Waals surface area contributed by atoms with Gasteiger partial charge in [0.1, 0.15) is 17.8 Å². The molecule has 9 heteroatoms. The van der Waals surface area contributed by atoms with E-state index in [1.165, 1.54) is 24.2 Å². The molecule has 0 radical (unpaired) electrons. The molecule has 3 aromatic rings. The van der Waals surface area contributed by atoms with Crippen molar-refractivity contribution in [2.75, 3.05) is 11.8 Å². The zero-order chi connectivity index (χ0) is 18.6. The van der Waals surface area contributed by atoms with Gasteiger partial charge in [-0.05, 0) is 47.2 Å². The SMILES string of the molecule is COc1ccc(NS(=O)(=O)/C=C\c2ccc(C)cc2)cc1-n1cnnn1. The van der Waals surface area contributed by atoms with Crippen LogP contribution < -0.4 is 9.46 Å². The molecular formula is C17H17N5O3S. The normalized spacial score (nSPS) is 11.6. The summed E-state index contributed by atoms with van der Waals surface area (Å²) in [5, 5.41) is 12.1. The fourth-order valence-electron chi connectivity index (χ4n) is 2.25. The average molecular weight is 371 g/mol. The molecule has 0 bridgehead atoms. The molecule has 0 spiro atoms. The zero-order valence-electron chi connectivity index (χ0n) is 14.2. The van der Waals surface area contributed by atoms with Crippen molar-refractivity contribution in [3.63, 3.8) is 0 Å². The van der Waals surface area contributed by atoms with Crippen molar-refractivity contribution in [2.45, 2.75) is 6.92 Å². The molecule has 0 amide bonds. The summed E-state index contributed by atoms with van der Waals surface area (Å²) in [5.41, 5.74) is 2.78. The average Bonchev–Trinajstić information content (AvgIpc) is 3.15. The van der Waals surface area contributed by atoms with Crippen molar-refractivity contribution in [3.8, 4) is 11.4 Å². The van der Waals surface area contributed by atoms with Crippen LogP contribution in [0.25, 0.3) is 11.8 Å². The van der Waals surface area contributed by atoms with Gasteiger partial charge < -0.3 is 4.74 Å². The monoisotopic (exact) mass is 371 g/mol. The number of hydrogen-bond acceptors (Lipinski definition) is 6. The van der Waals surface area contributed by atoms with Crippen LogP contribution in [0.15, 0.2) is 54.2 Å². The molecule has 8 nitrogen and oxygen atoms in total. The first-order chi connectivity index (χ1) is 12.5. The van der Waals surface area contributed by atoms with Gasteiger partial charge in [-0.2, -0.15) is 4.68 Å². The minimum Gasteiger partial charge on any atom is -0.494 e. The van der Waals surface area contributed by atoms with Crippen molar-refractivity contribution in [3.05, 3.63) is 65.3 Å². The van der Waals surface area contributed by atoms with E-state index < -0.39 is 10.0 Å². The van der Waals surface area contributed by atoms with Crippen molar-refractivity contribution >= 4 is 21.8 Å². The fraction of sp³-hybridized carbons (Fsp3) is 0.118. The van der Waals surface area contributed by atoms with Gasteiger partial charge in [0.25, 0.3) is 10.0 Å². The molecule has 0 aliphatic rings. The van der Waals surface area contributed by atoms with Gasteiger partial charge in [-0.15, -0.1) is 5.10 Å². The first kappa shape index (κ1) is 17.6. The number of rotatable bonds is 6. The van der Waals surface area contributed by atoms with E-state index in [1.807, 2.05) is 31.2 Å². The van der Waals surface area contributed by atoms with Crippen LogP contribution in [-0.2, 0) is 10.0 Å². The Kier molecular flexibility index (Phi) is 4.99. The van der Waals surface area contributed by atoms with Crippen molar-refractivity contribution in [1.82, 2.24) is 20.2 Å². The molecule has 0 atom stereocenters. The van der Waals surface area contributed by atoms with Gasteiger partial charge >= 0.3 is 0 Å². The van der Waals surface area contributed by atoms with Crippen LogP contribution in [0.3, 0.4) is 0 Å². The summed E-state index contributed by atoms with van der Waals surface area (Å²) in [5.74, 6) is 0.510. The lowest BCUT2D eigenvalue weighted by Gasteiger charge is -2.10. The van der Waals surface area contributed by atoms with Gasteiger partial charge in [-0.1, -0.05) is 29.8 Å². The molecule has 0 aliphatic heterocycles. The molecule has 1 N–H and O–H groups in total. The lowest BCUT2D eigenvalue weighted by Crippen LogP contribution is -2.09. The third-order valence-corrected chi connectivity index (χ3v) is 4.57. The van der Waals surface area contributed by atoms with Gasteiger partial charge in [-0.3, -0.25) is 4.72 Å². The molecule has 1 heterocycles. The van der Waals surface area contributed by atoms with E-state index in [1.54, 1.807) is 18.2 Å². The molecule has 0 aliphatic carbocycles. The summed E-state index contributed by atoms with van der Waals surface area (Å²) in [7, 11) is -2.17. The van der Waals surface area contributed by atoms with Crippen LogP contribution in [0.2, 0.25) is 0 Å². The van der Waals surface area contributed by atoms with Gasteiger partial charge in [0.2, 0.25) is 0 Å². The van der Waals surface area contributed by atoms with E-state index in [-0.39, 0.29) is 0 Å². The quantitative estimate of drug-likeness (QED) is 0.714. The highest BCUT2D eigenvalue weighted by atomic mass is 32.2. The topological polar surface area (TPSA) is 99.0 Å². The summed E-state index contributed by atoms with van der Waals surface area (Å²) in [6.07, 6.45) is 2.93. The molecular weight excluding hydrogens is 354 g/mol. The van der Waals surface area contributed by atoms with Crippen LogP contribution in [-0.4, -0.2) is 35.7 Å². The molecule has 134 valence electrons. The Bertz CT molecular complexity index is 1010. The summed E-state index contributed by atoms with van der Waals surface area (Å²) >= 11 is 0. The summed E-state index contributed by atoms with van der Waals surface area (Å²) in [6.45, 7) is 1.97. The van der Waals surface area contributed by atoms with E-state index in [0.29, 0.717) is 17.1 Å². The number of nitrogens with one attached hydrogen (secondary N) is 1. The van der Waals surface area contributed by atoms with Crippen molar-refractivity contribution in [1.29, 1.82) is 0 Å². The molecule has 0 saturated heterocycles. The fourth-order valence-corrected chi connectivity index (χ4v) is 3.11. The first-order valence-electron chi connectivity index (χ1n) is 7.66. The summed E-state index contributed by atoms with van der Waals surface area (Å²) in [6, 6.07) is 12.4. The molecule has 1 aromatic heterocycles. The molecule has 3 rings (SSSR count). The van der Waals surface area contributed by atoms with E-state index in [4.69, 9.17) is 4.74 Å². The number of methoxy groups -OCH3 is 1. The number of ether oxygens (including phenoxy) is 1. The second-order valence-electron chi connectivity index (χ2n) is 5.50. The number of aromatic nitrogens is 4. The lowest BCUT2D eigenvalue weighted by molar-refractivity contribution is 0.411. The maximum Gasteiger partial charge on any atom is 0.255 e. The largest absolute Gasteiger partial charge is 0.494 e. The number of benzene rings is 2. The maximum absolute atomic E-state index is 12.3. The van der Waals surface area contributed by atoms with Crippen LogP contribution in [0.1, 0.15) is 11.1 Å². The molecule has 0 saturated carbocycles. The van der Waals surface area contributed by atoms with Gasteiger partial charge in [-0.25, -0.2) is 8.42 Å². The number of tetrazole rings is 1. The van der Waals surface area contributed by atoms with E-state index >= 15 is 0 Å². The third kappa shape index (κ3) is 4.25. The van der Waals surface area contributed by atoms with Crippen LogP contribution in [0.5, 0.6) is 5.75 Å². The lowest BCUT2D eigenvalue weighted by atomic mass is 10.2. The highest BCUT2D eigenvalue weighted by Gasteiger charge is 2.11. The number of anilines is 1. The number of hydrogen-bond donors (Lipinski definition) is 1. The Morgan fingerprint density at radius 1 is 1.15 bits per heavy atom. The van der Waals surface area contributed by atoms with Crippen LogP contribution >= 0.6 is 0 Å². The predicted molar refractivity (Wildman–Crippen MR) is 98.5 cm³/mol. The van der Waals surface area contributed by atoms with Crippen molar-refractivity contribution in [2.24, 2.45) is 0 Å². The Labute approximate surface area is 151 Å². The second kappa shape index (κ2) is 7.36.